The minimum Gasteiger partial charge on any atom is -0.536 e. The molecule has 130 valence electrons. The molecule has 0 spiro atoms. The molecule has 27 heavy (non-hydrogen) atoms. The summed E-state index contributed by atoms with van der Waals surface area (Å²) in [5.74, 6) is 8.35. The summed E-state index contributed by atoms with van der Waals surface area (Å²) in [5, 5.41) is 3.55. The topological polar surface area (TPSA) is 9.23 Å². The summed E-state index contributed by atoms with van der Waals surface area (Å²) in [6.07, 6.45) is 9.11. The fourth-order valence-electron chi connectivity index (χ4n) is 3.05. The number of allylic oxidation sites excluding steroid dienone is 1. The maximum Gasteiger partial charge on any atom is 0.346 e. The van der Waals surface area contributed by atoms with Gasteiger partial charge in [-0.2, -0.15) is 0 Å². The van der Waals surface area contributed by atoms with E-state index in [1.165, 1.54) is 15.6 Å². The summed E-state index contributed by atoms with van der Waals surface area (Å²) < 4.78 is 6.57. The zero-order valence-electron chi connectivity index (χ0n) is 15.0. The molecule has 0 bridgehead atoms. The van der Waals surface area contributed by atoms with Crippen LogP contribution in [0.4, 0.5) is 0 Å². The average molecular weight is 365 g/mol. The molecule has 0 amide bonds. The molecule has 0 saturated heterocycles. The summed E-state index contributed by atoms with van der Waals surface area (Å²) >= 11 is 0. The maximum atomic E-state index is 6.57. The van der Waals surface area contributed by atoms with Gasteiger partial charge in [-0.3, -0.25) is 0 Å². The number of terminal acetylenes is 1. The Hall–Kier alpha value is -3.46. The van der Waals surface area contributed by atoms with Crippen molar-refractivity contribution in [1.82, 2.24) is 0 Å². The average Bonchev–Trinajstić information content (AvgIpc) is 2.75. The molecule has 0 fully saturated rings. The van der Waals surface area contributed by atoms with Crippen molar-refractivity contribution in [2.24, 2.45) is 0 Å². The first-order valence-corrected chi connectivity index (χ1v) is 10.7. The monoisotopic (exact) mass is 364 g/mol. The fourth-order valence-corrected chi connectivity index (χ4v) is 6.72. The molecule has 0 unspecified atom stereocenters. The summed E-state index contributed by atoms with van der Waals surface area (Å²) in [6, 6.07) is 31.3. The lowest BCUT2D eigenvalue weighted by Crippen LogP contribution is -2.68. The number of hydrogen-bond donors (Lipinski definition) is 0. The molecule has 1 nitrogen and oxygen atoms in total. The molecule has 0 aromatic heterocycles. The predicted octanol–water partition coefficient (Wildman–Crippen LogP) is 3.21. The van der Waals surface area contributed by atoms with Crippen LogP contribution < -0.4 is 15.6 Å². The molecule has 0 N–H and O–H groups in total. The van der Waals surface area contributed by atoms with Crippen LogP contribution in [-0.2, 0) is 4.43 Å². The van der Waals surface area contributed by atoms with Crippen molar-refractivity contribution in [1.29, 1.82) is 0 Å². The third kappa shape index (κ3) is 4.21. The van der Waals surface area contributed by atoms with Gasteiger partial charge in [-0.25, -0.2) is 0 Å². The standard InChI is InChI=1S/C25H20OSi/c1-2-3-4-5-15-22-26-27(23-16-9-6-10-17-23,24-18-11-7-12-19-24)25-20-13-8-14-21-25/h1,6-22H,3H2. The van der Waals surface area contributed by atoms with Gasteiger partial charge in [0.05, 0.1) is 12.7 Å². The molecule has 0 aliphatic rings. The SMILES string of the molecule is C#CCC#CC=CO[Si](c1ccccc1)(c1ccccc1)c1ccccc1. The largest absolute Gasteiger partial charge is 0.536 e. The lowest BCUT2D eigenvalue weighted by Gasteiger charge is -2.31. The highest BCUT2D eigenvalue weighted by atomic mass is 28.4. The molecule has 3 rings (SSSR count). The Labute approximate surface area is 162 Å². The molecular weight excluding hydrogens is 344 g/mol. The van der Waals surface area contributed by atoms with Gasteiger partial charge < -0.3 is 4.43 Å². The molecule has 3 aromatic carbocycles. The van der Waals surface area contributed by atoms with Crippen LogP contribution >= 0.6 is 0 Å². The second kappa shape index (κ2) is 9.29. The summed E-state index contributed by atoms with van der Waals surface area (Å²) in [6.45, 7) is 0. The Balaban J connectivity index is 2.15. The van der Waals surface area contributed by atoms with E-state index in [1.807, 2.05) is 18.2 Å². The zero-order valence-corrected chi connectivity index (χ0v) is 16.0. The number of benzene rings is 3. The van der Waals surface area contributed by atoms with Crippen molar-refractivity contribution in [2.75, 3.05) is 0 Å². The predicted molar refractivity (Wildman–Crippen MR) is 115 cm³/mol. The van der Waals surface area contributed by atoms with Gasteiger partial charge in [0.15, 0.2) is 0 Å². The Bertz CT molecular complexity index is 878. The molecular formula is C25H20OSi. The van der Waals surface area contributed by atoms with E-state index < -0.39 is 8.32 Å². The van der Waals surface area contributed by atoms with E-state index in [4.69, 9.17) is 10.8 Å². The minimum absolute atomic E-state index is 0.433. The van der Waals surface area contributed by atoms with Crippen LogP contribution in [0, 0.1) is 24.2 Å². The van der Waals surface area contributed by atoms with E-state index in [1.54, 1.807) is 12.3 Å². The molecule has 0 aliphatic heterocycles. The summed E-state index contributed by atoms with van der Waals surface area (Å²) in [7, 11) is -2.69. The first kappa shape index (κ1) is 18.3. The van der Waals surface area contributed by atoms with Crippen molar-refractivity contribution in [3.63, 3.8) is 0 Å². The third-order valence-electron chi connectivity index (χ3n) is 4.23. The Morgan fingerprint density at radius 3 is 1.59 bits per heavy atom. The van der Waals surface area contributed by atoms with E-state index >= 15 is 0 Å². The van der Waals surface area contributed by atoms with Crippen LogP contribution in [0.2, 0.25) is 0 Å². The van der Waals surface area contributed by atoms with Crippen LogP contribution in [0.3, 0.4) is 0 Å². The maximum absolute atomic E-state index is 6.57. The highest BCUT2D eigenvalue weighted by Gasteiger charge is 2.42. The molecule has 0 atom stereocenters. The van der Waals surface area contributed by atoms with Crippen molar-refractivity contribution >= 4 is 23.9 Å². The van der Waals surface area contributed by atoms with Gasteiger partial charge in [0.2, 0.25) is 0 Å². The summed E-state index contributed by atoms with van der Waals surface area (Å²) in [5.41, 5.74) is 0. The Kier molecular flexibility index (Phi) is 6.31. The zero-order chi connectivity index (χ0) is 18.8. The van der Waals surface area contributed by atoms with E-state index in [0.717, 1.165) is 0 Å². The molecule has 0 heterocycles. The first-order valence-electron chi connectivity index (χ1n) is 8.79. The van der Waals surface area contributed by atoms with Crippen molar-refractivity contribution in [2.45, 2.75) is 6.42 Å². The van der Waals surface area contributed by atoms with Gasteiger partial charge >= 0.3 is 8.32 Å². The fraction of sp³-hybridized carbons (Fsp3) is 0.0400. The van der Waals surface area contributed by atoms with Gasteiger partial charge in [0, 0.05) is 6.08 Å². The second-order valence-corrected chi connectivity index (χ2v) is 9.23. The third-order valence-corrected chi connectivity index (χ3v) is 8.16. The van der Waals surface area contributed by atoms with Crippen molar-refractivity contribution < 1.29 is 4.43 Å². The van der Waals surface area contributed by atoms with E-state index in [9.17, 15) is 0 Å². The molecule has 0 radical (unpaired) electrons. The molecule has 0 aliphatic carbocycles. The smallest absolute Gasteiger partial charge is 0.346 e. The van der Waals surface area contributed by atoms with Gasteiger partial charge in [0.1, 0.15) is 0 Å². The normalized spacial score (nSPS) is 10.6. The first-order chi connectivity index (χ1) is 13.4. The number of hydrogen-bond acceptors (Lipinski definition) is 1. The van der Waals surface area contributed by atoms with Crippen LogP contribution in [0.25, 0.3) is 0 Å². The molecule has 2 heteroatoms. The quantitative estimate of drug-likeness (QED) is 0.292. The summed E-state index contributed by atoms with van der Waals surface area (Å²) in [4.78, 5) is 0. The van der Waals surface area contributed by atoms with Crippen LogP contribution in [0.5, 0.6) is 0 Å². The molecule has 3 aromatic rings. The molecule has 0 saturated carbocycles. The Morgan fingerprint density at radius 1 is 0.741 bits per heavy atom. The van der Waals surface area contributed by atoms with Gasteiger partial charge in [-0.15, -0.1) is 6.42 Å². The number of rotatable bonds is 5. The van der Waals surface area contributed by atoms with Crippen molar-refractivity contribution in [3.8, 4) is 24.2 Å². The van der Waals surface area contributed by atoms with Crippen LogP contribution in [0.1, 0.15) is 6.42 Å². The van der Waals surface area contributed by atoms with Crippen molar-refractivity contribution in [3.05, 3.63) is 103 Å². The van der Waals surface area contributed by atoms with Gasteiger partial charge in [-0.05, 0) is 15.6 Å². The van der Waals surface area contributed by atoms with Crippen LogP contribution in [0.15, 0.2) is 103 Å². The van der Waals surface area contributed by atoms with E-state index in [0.29, 0.717) is 6.42 Å². The Morgan fingerprint density at radius 2 is 1.19 bits per heavy atom. The highest BCUT2D eigenvalue weighted by Crippen LogP contribution is 2.10. The second-order valence-electron chi connectivity index (χ2n) is 5.90. The lowest BCUT2D eigenvalue weighted by molar-refractivity contribution is 0.498. The van der Waals surface area contributed by atoms with E-state index in [-0.39, 0.29) is 0 Å². The minimum atomic E-state index is -2.69. The van der Waals surface area contributed by atoms with Gasteiger partial charge in [0.25, 0.3) is 0 Å². The van der Waals surface area contributed by atoms with Crippen LogP contribution in [-0.4, -0.2) is 8.32 Å². The van der Waals surface area contributed by atoms with E-state index in [2.05, 4.69) is 90.6 Å². The van der Waals surface area contributed by atoms with Gasteiger partial charge in [-0.1, -0.05) is 109 Å². The highest BCUT2D eigenvalue weighted by molar-refractivity contribution is 7.07. The lowest BCUT2D eigenvalue weighted by atomic mass is 10.3.